The van der Waals surface area contributed by atoms with E-state index < -0.39 is 12.0 Å². The SMILES string of the molecule is CN(CCC(=O)N1CCCC1C(=O)O)Cc1ccccc1. The maximum absolute atomic E-state index is 12.2. The van der Waals surface area contributed by atoms with Crippen molar-refractivity contribution in [2.45, 2.75) is 31.8 Å². The Morgan fingerprint density at radius 2 is 2.05 bits per heavy atom. The first-order chi connectivity index (χ1) is 10.1. The molecule has 0 aromatic heterocycles. The van der Waals surface area contributed by atoms with Crippen LogP contribution in [0.5, 0.6) is 0 Å². The Morgan fingerprint density at radius 3 is 2.71 bits per heavy atom. The van der Waals surface area contributed by atoms with Crippen LogP contribution >= 0.6 is 0 Å². The van der Waals surface area contributed by atoms with Gasteiger partial charge in [-0.15, -0.1) is 0 Å². The average molecular weight is 290 g/mol. The maximum atomic E-state index is 12.2. The topological polar surface area (TPSA) is 60.9 Å². The molecule has 5 heteroatoms. The fraction of sp³-hybridized carbons (Fsp3) is 0.500. The Labute approximate surface area is 125 Å². The monoisotopic (exact) mass is 290 g/mol. The lowest BCUT2D eigenvalue weighted by Crippen LogP contribution is -2.41. The molecular formula is C16H22N2O3. The van der Waals surface area contributed by atoms with Gasteiger partial charge >= 0.3 is 5.97 Å². The van der Waals surface area contributed by atoms with Crippen LogP contribution in [0.4, 0.5) is 0 Å². The molecule has 1 aliphatic heterocycles. The van der Waals surface area contributed by atoms with Crippen LogP contribution in [0.3, 0.4) is 0 Å². The lowest BCUT2D eigenvalue weighted by Gasteiger charge is -2.23. The van der Waals surface area contributed by atoms with Crippen LogP contribution in [0.15, 0.2) is 30.3 Å². The van der Waals surface area contributed by atoms with E-state index in [1.54, 1.807) is 0 Å². The van der Waals surface area contributed by atoms with Gasteiger partial charge in [0, 0.05) is 26.1 Å². The summed E-state index contributed by atoms with van der Waals surface area (Å²) in [6.07, 6.45) is 1.72. The normalized spacial score (nSPS) is 18.2. The molecule has 1 fully saturated rings. The summed E-state index contributed by atoms with van der Waals surface area (Å²) in [4.78, 5) is 26.8. The fourth-order valence-corrected chi connectivity index (χ4v) is 2.73. The molecule has 21 heavy (non-hydrogen) atoms. The summed E-state index contributed by atoms with van der Waals surface area (Å²) in [5.41, 5.74) is 1.21. The smallest absolute Gasteiger partial charge is 0.326 e. The molecule has 1 heterocycles. The van der Waals surface area contributed by atoms with Crippen molar-refractivity contribution in [1.29, 1.82) is 0 Å². The molecule has 5 nitrogen and oxygen atoms in total. The number of hydrogen-bond acceptors (Lipinski definition) is 3. The van der Waals surface area contributed by atoms with E-state index in [1.807, 2.05) is 25.2 Å². The Bertz CT molecular complexity index is 490. The minimum absolute atomic E-state index is 0.0557. The van der Waals surface area contributed by atoms with Crippen molar-refractivity contribution in [2.24, 2.45) is 0 Å². The largest absolute Gasteiger partial charge is 0.480 e. The number of carbonyl (C=O) groups is 2. The highest BCUT2D eigenvalue weighted by Crippen LogP contribution is 2.18. The lowest BCUT2D eigenvalue weighted by molar-refractivity contribution is -0.148. The van der Waals surface area contributed by atoms with Crippen LogP contribution in [0.2, 0.25) is 0 Å². The van der Waals surface area contributed by atoms with E-state index in [1.165, 1.54) is 10.5 Å². The number of rotatable bonds is 6. The third-order valence-corrected chi connectivity index (χ3v) is 3.86. The summed E-state index contributed by atoms with van der Waals surface area (Å²) in [6.45, 7) is 1.99. The molecule has 1 aromatic carbocycles. The van der Waals surface area contributed by atoms with Crippen LogP contribution in [0.1, 0.15) is 24.8 Å². The van der Waals surface area contributed by atoms with Crippen LogP contribution in [-0.4, -0.2) is 53.0 Å². The molecule has 0 spiro atoms. The highest BCUT2D eigenvalue weighted by Gasteiger charge is 2.33. The zero-order valence-electron chi connectivity index (χ0n) is 12.4. The molecule has 1 amide bonds. The summed E-state index contributed by atoms with van der Waals surface area (Å²) in [7, 11) is 1.97. The van der Waals surface area contributed by atoms with E-state index in [4.69, 9.17) is 5.11 Å². The first-order valence-electron chi connectivity index (χ1n) is 7.32. The minimum atomic E-state index is -0.890. The van der Waals surface area contributed by atoms with E-state index in [-0.39, 0.29) is 5.91 Å². The van der Waals surface area contributed by atoms with Crippen molar-refractivity contribution in [3.63, 3.8) is 0 Å². The summed E-state index contributed by atoms with van der Waals surface area (Å²) in [6, 6.07) is 9.45. The second kappa shape index (κ2) is 7.22. The third kappa shape index (κ3) is 4.29. The lowest BCUT2D eigenvalue weighted by atomic mass is 10.2. The van der Waals surface area contributed by atoms with E-state index in [9.17, 15) is 9.59 Å². The maximum Gasteiger partial charge on any atom is 0.326 e. The molecule has 0 bridgehead atoms. The van der Waals surface area contributed by atoms with Gasteiger partial charge in [0.25, 0.3) is 0 Å². The van der Waals surface area contributed by atoms with Crippen molar-refractivity contribution in [3.8, 4) is 0 Å². The van der Waals surface area contributed by atoms with Crippen LogP contribution in [-0.2, 0) is 16.1 Å². The second-order valence-corrected chi connectivity index (χ2v) is 5.56. The molecule has 0 saturated carbocycles. The molecule has 1 atom stereocenters. The second-order valence-electron chi connectivity index (χ2n) is 5.56. The van der Waals surface area contributed by atoms with Gasteiger partial charge in [-0.3, -0.25) is 4.79 Å². The van der Waals surface area contributed by atoms with Crippen LogP contribution in [0, 0.1) is 0 Å². The van der Waals surface area contributed by atoms with E-state index in [2.05, 4.69) is 17.0 Å². The van der Waals surface area contributed by atoms with E-state index >= 15 is 0 Å². The van der Waals surface area contributed by atoms with Gasteiger partial charge in [-0.2, -0.15) is 0 Å². The molecule has 1 unspecified atom stereocenters. The number of likely N-dealkylation sites (tertiary alicyclic amines) is 1. The fourth-order valence-electron chi connectivity index (χ4n) is 2.73. The predicted molar refractivity (Wildman–Crippen MR) is 79.8 cm³/mol. The van der Waals surface area contributed by atoms with Crippen LogP contribution < -0.4 is 0 Å². The zero-order chi connectivity index (χ0) is 15.2. The Morgan fingerprint density at radius 1 is 1.33 bits per heavy atom. The van der Waals surface area contributed by atoms with Gasteiger partial charge in [-0.05, 0) is 25.5 Å². The molecule has 1 aliphatic rings. The first-order valence-corrected chi connectivity index (χ1v) is 7.32. The number of nitrogens with zero attached hydrogens (tertiary/aromatic N) is 2. The number of carboxylic acids is 1. The van der Waals surface area contributed by atoms with Crippen molar-refractivity contribution < 1.29 is 14.7 Å². The number of amides is 1. The van der Waals surface area contributed by atoms with Crippen molar-refractivity contribution in [3.05, 3.63) is 35.9 Å². The highest BCUT2D eigenvalue weighted by molar-refractivity contribution is 5.84. The quantitative estimate of drug-likeness (QED) is 0.864. The number of hydrogen-bond donors (Lipinski definition) is 1. The third-order valence-electron chi connectivity index (χ3n) is 3.86. The predicted octanol–water partition coefficient (Wildman–Crippen LogP) is 1.58. The molecule has 1 saturated heterocycles. The van der Waals surface area contributed by atoms with Crippen molar-refractivity contribution in [2.75, 3.05) is 20.1 Å². The van der Waals surface area contributed by atoms with Crippen molar-refractivity contribution in [1.82, 2.24) is 9.80 Å². The van der Waals surface area contributed by atoms with Gasteiger partial charge < -0.3 is 14.9 Å². The zero-order valence-corrected chi connectivity index (χ0v) is 12.4. The van der Waals surface area contributed by atoms with Gasteiger partial charge in [0.2, 0.25) is 5.91 Å². The van der Waals surface area contributed by atoms with E-state index in [0.29, 0.717) is 25.9 Å². The number of benzene rings is 1. The van der Waals surface area contributed by atoms with Gasteiger partial charge in [0.05, 0.1) is 0 Å². The molecular weight excluding hydrogens is 268 g/mol. The average Bonchev–Trinajstić information content (AvgIpc) is 2.95. The summed E-state index contributed by atoms with van der Waals surface area (Å²) < 4.78 is 0. The molecule has 2 rings (SSSR count). The van der Waals surface area contributed by atoms with Gasteiger partial charge in [0.15, 0.2) is 0 Å². The van der Waals surface area contributed by atoms with Gasteiger partial charge in [-0.25, -0.2) is 4.79 Å². The Balaban J connectivity index is 1.79. The summed E-state index contributed by atoms with van der Waals surface area (Å²) in [5, 5.41) is 9.10. The number of carboxylic acid groups (broad SMARTS) is 1. The molecule has 1 aromatic rings. The standard InChI is InChI=1S/C16H22N2O3/c1-17(12-13-6-3-2-4-7-13)11-9-15(19)18-10-5-8-14(18)16(20)21/h2-4,6-7,14H,5,8-12H2,1H3,(H,20,21). The Kier molecular flexibility index (Phi) is 5.33. The summed E-state index contributed by atoms with van der Waals surface area (Å²) in [5.74, 6) is -0.946. The number of aliphatic carboxylic acids is 1. The van der Waals surface area contributed by atoms with Crippen LogP contribution in [0.25, 0.3) is 0 Å². The van der Waals surface area contributed by atoms with Gasteiger partial charge in [-0.1, -0.05) is 30.3 Å². The minimum Gasteiger partial charge on any atom is -0.480 e. The first kappa shape index (κ1) is 15.5. The molecule has 114 valence electrons. The number of carbonyl (C=O) groups excluding carboxylic acids is 1. The van der Waals surface area contributed by atoms with Crippen molar-refractivity contribution >= 4 is 11.9 Å². The van der Waals surface area contributed by atoms with E-state index in [0.717, 1.165) is 13.0 Å². The highest BCUT2D eigenvalue weighted by atomic mass is 16.4. The summed E-state index contributed by atoms with van der Waals surface area (Å²) >= 11 is 0. The molecule has 0 radical (unpaired) electrons. The molecule has 0 aliphatic carbocycles. The molecule has 1 N–H and O–H groups in total. The van der Waals surface area contributed by atoms with Gasteiger partial charge in [0.1, 0.15) is 6.04 Å². The Hall–Kier alpha value is -1.88.